The maximum absolute atomic E-state index is 12.0. The van der Waals surface area contributed by atoms with Gasteiger partial charge < -0.3 is 16.0 Å². The summed E-state index contributed by atoms with van der Waals surface area (Å²) < 4.78 is 0. The van der Waals surface area contributed by atoms with E-state index < -0.39 is 0 Å². The van der Waals surface area contributed by atoms with Crippen LogP contribution in [0.3, 0.4) is 0 Å². The molecule has 3 N–H and O–H groups in total. The van der Waals surface area contributed by atoms with E-state index in [1.54, 1.807) is 11.3 Å². The number of nitrogens with one attached hydrogen (secondary N) is 3. The second-order valence-corrected chi connectivity index (χ2v) is 7.73. The predicted molar refractivity (Wildman–Crippen MR) is 118 cm³/mol. The Labute approximate surface area is 175 Å². The topological polar surface area (TPSA) is 70.2 Å². The van der Waals surface area contributed by atoms with Gasteiger partial charge in [0.1, 0.15) is 0 Å². The first-order valence-corrected chi connectivity index (χ1v) is 10.5. The number of hydrogen-bond acceptors (Lipinski definition) is 3. The fraction of sp³-hybridized carbons (Fsp3) is 0.217. The van der Waals surface area contributed by atoms with Gasteiger partial charge in [0, 0.05) is 17.1 Å². The van der Waals surface area contributed by atoms with Gasteiger partial charge in [-0.25, -0.2) is 4.79 Å². The minimum absolute atomic E-state index is 0.0183. The molecular formula is C23H25N3O2S. The van der Waals surface area contributed by atoms with Crippen molar-refractivity contribution in [2.45, 2.75) is 25.8 Å². The van der Waals surface area contributed by atoms with Gasteiger partial charge in [0.2, 0.25) is 5.91 Å². The lowest BCUT2D eigenvalue weighted by Gasteiger charge is -2.09. The molecule has 1 aromatic heterocycles. The van der Waals surface area contributed by atoms with Gasteiger partial charge in [-0.2, -0.15) is 0 Å². The van der Waals surface area contributed by atoms with E-state index in [9.17, 15) is 9.59 Å². The zero-order chi connectivity index (χ0) is 20.3. The highest BCUT2D eigenvalue weighted by Gasteiger charge is 2.05. The van der Waals surface area contributed by atoms with E-state index in [0.717, 1.165) is 23.3 Å². The highest BCUT2D eigenvalue weighted by Crippen LogP contribution is 2.11. The molecule has 3 rings (SSSR count). The summed E-state index contributed by atoms with van der Waals surface area (Å²) in [5.74, 6) is -0.0183. The van der Waals surface area contributed by atoms with Crippen molar-refractivity contribution in [3.8, 4) is 0 Å². The molecule has 0 aliphatic rings. The van der Waals surface area contributed by atoms with Gasteiger partial charge in [-0.15, -0.1) is 11.3 Å². The third kappa shape index (κ3) is 7.43. The molecule has 0 unspecified atom stereocenters. The number of amides is 3. The van der Waals surface area contributed by atoms with Gasteiger partial charge in [0.25, 0.3) is 0 Å². The maximum atomic E-state index is 12.0. The Balaban J connectivity index is 1.34. The van der Waals surface area contributed by atoms with Crippen LogP contribution in [-0.4, -0.2) is 18.5 Å². The first-order valence-electron chi connectivity index (χ1n) is 9.66. The van der Waals surface area contributed by atoms with Gasteiger partial charge in [-0.3, -0.25) is 4.79 Å². The summed E-state index contributed by atoms with van der Waals surface area (Å²) in [7, 11) is 0. The van der Waals surface area contributed by atoms with E-state index in [-0.39, 0.29) is 11.9 Å². The normalized spacial score (nSPS) is 10.3. The lowest BCUT2D eigenvalue weighted by molar-refractivity contribution is -0.120. The molecule has 150 valence electrons. The summed E-state index contributed by atoms with van der Waals surface area (Å²) in [4.78, 5) is 25.2. The number of benzene rings is 2. The largest absolute Gasteiger partial charge is 0.351 e. The van der Waals surface area contributed by atoms with Crippen molar-refractivity contribution in [2.24, 2.45) is 0 Å². The number of carbonyl (C=O) groups excluding carboxylic acids is 2. The van der Waals surface area contributed by atoms with Gasteiger partial charge >= 0.3 is 6.03 Å². The second-order valence-electron chi connectivity index (χ2n) is 6.70. The molecule has 5 nitrogen and oxygen atoms in total. The first-order chi connectivity index (χ1) is 14.2. The molecule has 3 amide bonds. The number of anilines is 1. The van der Waals surface area contributed by atoms with Crippen LogP contribution >= 0.6 is 11.3 Å². The van der Waals surface area contributed by atoms with Crippen molar-refractivity contribution >= 4 is 29.0 Å². The summed E-state index contributed by atoms with van der Waals surface area (Å²) in [6.07, 6.45) is 2.14. The molecule has 29 heavy (non-hydrogen) atoms. The van der Waals surface area contributed by atoms with Crippen molar-refractivity contribution < 1.29 is 9.59 Å². The molecular weight excluding hydrogens is 382 g/mol. The molecule has 2 aromatic carbocycles. The zero-order valence-electron chi connectivity index (χ0n) is 16.2. The third-order valence-corrected chi connectivity index (χ3v) is 5.26. The summed E-state index contributed by atoms with van der Waals surface area (Å²) in [6, 6.07) is 21.3. The SMILES string of the molecule is O=C(Cc1ccc(NC(=O)NCCCc2ccccc2)cc1)NCc1cccs1. The second kappa shape index (κ2) is 11.0. The van der Waals surface area contributed by atoms with E-state index in [4.69, 9.17) is 0 Å². The molecule has 0 aliphatic heterocycles. The average Bonchev–Trinajstić information content (AvgIpc) is 3.26. The molecule has 0 atom stereocenters. The number of carbonyl (C=O) groups is 2. The average molecular weight is 408 g/mol. The van der Waals surface area contributed by atoms with Crippen LogP contribution < -0.4 is 16.0 Å². The van der Waals surface area contributed by atoms with Crippen LogP contribution in [0.25, 0.3) is 0 Å². The van der Waals surface area contributed by atoms with Crippen LogP contribution in [0.15, 0.2) is 72.1 Å². The summed E-state index contributed by atoms with van der Waals surface area (Å²) in [6.45, 7) is 1.17. The lowest BCUT2D eigenvalue weighted by atomic mass is 10.1. The smallest absolute Gasteiger partial charge is 0.319 e. The van der Waals surface area contributed by atoms with Crippen molar-refractivity contribution in [1.29, 1.82) is 0 Å². The predicted octanol–water partition coefficient (Wildman–Crippen LogP) is 4.36. The number of urea groups is 1. The quantitative estimate of drug-likeness (QED) is 0.461. The fourth-order valence-corrected chi connectivity index (χ4v) is 3.51. The van der Waals surface area contributed by atoms with Crippen LogP contribution in [-0.2, 0) is 24.2 Å². The van der Waals surface area contributed by atoms with E-state index in [2.05, 4.69) is 28.1 Å². The molecule has 3 aromatic rings. The van der Waals surface area contributed by atoms with Crippen LogP contribution in [0.1, 0.15) is 22.4 Å². The Bertz CT molecular complexity index is 894. The molecule has 0 saturated heterocycles. The lowest BCUT2D eigenvalue weighted by Crippen LogP contribution is -2.29. The highest BCUT2D eigenvalue weighted by atomic mass is 32.1. The van der Waals surface area contributed by atoms with Gasteiger partial charge in [0.05, 0.1) is 13.0 Å². The van der Waals surface area contributed by atoms with Crippen LogP contribution in [0.5, 0.6) is 0 Å². The Morgan fingerprint density at radius 1 is 0.828 bits per heavy atom. The first kappa shape index (κ1) is 20.6. The van der Waals surface area contributed by atoms with Gasteiger partial charge in [0.15, 0.2) is 0 Å². The number of rotatable bonds is 9. The van der Waals surface area contributed by atoms with Crippen molar-refractivity contribution in [1.82, 2.24) is 10.6 Å². The Kier molecular flexibility index (Phi) is 7.83. The van der Waals surface area contributed by atoms with Crippen LogP contribution in [0.4, 0.5) is 10.5 Å². The zero-order valence-corrected chi connectivity index (χ0v) is 17.0. The van der Waals surface area contributed by atoms with Crippen LogP contribution in [0.2, 0.25) is 0 Å². The standard InChI is InChI=1S/C23H25N3O2S/c27-22(25-17-21-9-5-15-29-21)16-19-10-12-20(13-11-19)26-23(28)24-14-4-8-18-6-2-1-3-7-18/h1-3,5-7,9-13,15H,4,8,14,16-17H2,(H,25,27)(H2,24,26,28). The molecule has 0 saturated carbocycles. The fourth-order valence-electron chi connectivity index (χ4n) is 2.87. The van der Waals surface area contributed by atoms with E-state index in [0.29, 0.717) is 25.2 Å². The van der Waals surface area contributed by atoms with Crippen molar-refractivity contribution in [2.75, 3.05) is 11.9 Å². The van der Waals surface area contributed by atoms with E-state index in [1.165, 1.54) is 5.56 Å². The molecule has 6 heteroatoms. The molecule has 0 fully saturated rings. The molecule has 1 heterocycles. The molecule has 0 bridgehead atoms. The van der Waals surface area contributed by atoms with Crippen molar-refractivity contribution in [3.63, 3.8) is 0 Å². The Hall–Kier alpha value is -3.12. The van der Waals surface area contributed by atoms with Gasteiger partial charge in [-0.1, -0.05) is 48.5 Å². The maximum Gasteiger partial charge on any atom is 0.319 e. The monoisotopic (exact) mass is 407 g/mol. The summed E-state index contributed by atoms with van der Waals surface area (Å²) in [5.41, 5.74) is 2.88. The minimum Gasteiger partial charge on any atom is -0.351 e. The minimum atomic E-state index is -0.223. The number of thiophene rings is 1. The van der Waals surface area contributed by atoms with Crippen LogP contribution in [0, 0.1) is 0 Å². The molecule has 0 aliphatic carbocycles. The summed E-state index contributed by atoms with van der Waals surface area (Å²) in [5, 5.41) is 10.6. The molecule has 0 spiro atoms. The van der Waals surface area contributed by atoms with Gasteiger partial charge in [-0.05, 0) is 47.5 Å². The number of hydrogen-bond donors (Lipinski definition) is 3. The van der Waals surface area contributed by atoms with E-state index in [1.807, 2.05) is 60.0 Å². The highest BCUT2D eigenvalue weighted by molar-refractivity contribution is 7.09. The van der Waals surface area contributed by atoms with E-state index >= 15 is 0 Å². The summed E-state index contributed by atoms with van der Waals surface area (Å²) >= 11 is 1.62. The molecule has 0 radical (unpaired) electrons. The Morgan fingerprint density at radius 2 is 1.62 bits per heavy atom. The van der Waals surface area contributed by atoms with Crippen molar-refractivity contribution in [3.05, 3.63) is 88.1 Å². The Morgan fingerprint density at radius 3 is 2.34 bits per heavy atom. The number of aryl methyl sites for hydroxylation is 1. The third-order valence-electron chi connectivity index (χ3n) is 4.39.